The molecule has 7 heteroatoms. The first-order valence-electron chi connectivity index (χ1n) is 5.29. The van der Waals surface area contributed by atoms with Crippen LogP contribution in [0.25, 0.3) is 0 Å². The number of piperazine rings is 1. The van der Waals surface area contributed by atoms with Crippen LogP contribution in [0.5, 0.6) is 0 Å². The zero-order chi connectivity index (χ0) is 11.8. The van der Waals surface area contributed by atoms with Crippen LogP contribution >= 0.6 is 0 Å². The Labute approximate surface area is 94.1 Å². The summed E-state index contributed by atoms with van der Waals surface area (Å²) < 4.78 is 0. The lowest BCUT2D eigenvalue weighted by molar-refractivity contribution is -0.757. The third-order valence-corrected chi connectivity index (χ3v) is 2.57. The van der Waals surface area contributed by atoms with Crippen molar-refractivity contribution in [3.8, 4) is 0 Å². The van der Waals surface area contributed by atoms with Crippen molar-refractivity contribution >= 4 is 6.29 Å². The molecule has 1 aliphatic rings. The highest BCUT2D eigenvalue weighted by molar-refractivity contribution is 5.53. The van der Waals surface area contributed by atoms with Crippen LogP contribution in [0.3, 0.4) is 0 Å². The van der Waals surface area contributed by atoms with Gasteiger partial charge in [0.15, 0.2) is 0 Å². The van der Waals surface area contributed by atoms with Gasteiger partial charge >= 0.3 is 0 Å². The van der Waals surface area contributed by atoms with E-state index in [1.807, 2.05) is 11.2 Å². The highest BCUT2D eigenvalue weighted by Gasteiger charge is 2.15. The Balaban J connectivity index is 2.03. The Morgan fingerprint density at radius 2 is 1.88 bits per heavy atom. The minimum atomic E-state index is -0.766. The number of nitrogens with zero attached hydrogens (tertiary/aromatic N) is 3. The lowest BCUT2D eigenvalue weighted by Crippen LogP contribution is -2.47. The molecule has 91 valence electrons. The van der Waals surface area contributed by atoms with Gasteiger partial charge in [-0.3, -0.25) is 9.69 Å². The average molecular weight is 230 g/mol. The molecule has 1 radical (unpaired) electrons. The molecule has 0 aromatic heterocycles. The van der Waals surface area contributed by atoms with Gasteiger partial charge in [0.05, 0.1) is 13.2 Å². The maximum absolute atomic E-state index is 10.2. The fraction of sp³-hybridized carbons (Fsp3) is 0.889. The van der Waals surface area contributed by atoms with E-state index in [9.17, 15) is 14.9 Å². The van der Waals surface area contributed by atoms with E-state index in [4.69, 9.17) is 0 Å². The summed E-state index contributed by atoms with van der Waals surface area (Å²) in [5.41, 5.74) is 0. The molecule has 16 heavy (non-hydrogen) atoms. The molecule has 0 bridgehead atoms. The molecule has 0 saturated carbocycles. The number of hydrogen-bond acceptors (Lipinski definition) is 6. The molecule has 0 spiro atoms. The van der Waals surface area contributed by atoms with E-state index < -0.39 is 5.09 Å². The van der Waals surface area contributed by atoms with Crippen molar-refractivity contribution in [3.63, 3.8) is 0 Å². The highest BCUT2D eigenvalue weighted by Crippen LogP contribution is 2.01. The first-order chi connectivity index (χ1) is 7.72. The number of hydrogen-bond donors (Lipinski definition) is 0. The van der Waals surface area contributed by atoms with E-state index in [2.05, 4.69) is 9.74 Å². The smallest absolute Gasteiger partial charge is 0.294 e. The predicted octanol–water partition coefficient (Wildman–Crippen LogP) is -0.688. The first kappa shape index (κ1) is 12.9. The lowest BCUT2D eigenvalue weighted by Gasteiger charge is -2.33. The zero-order valence-corrected chi connectivity index (χ0v) is 9.13. The van der Waals surface area contributed by atoms with Gasteiger partial charge in [-0.1, -0.05) is 0 Å². The summed E-state index contributed by atoms with van der Waals surface area (Å²) in [6.45, 7) is 4.80. The quantitative estimate of drug-likeness (QED) is 0.327. The molecule has 7 nitrogen and oxygen atoms in total. The second-order valence-electron chi connectivity index (χ2n) is 3.67. The molecule has 1 aliphatic heterocycles. The summed E-state index contributed by atoms with van der Waals surface area (Å²) in [5, 5.41) is 9.13. The molecule has 1 saturated heterocycles. The maximum atomic E-state index is 10.2. The van der Waals surface area contributed by atoms with Crippen LogP contribution in [-0.4, -0.2) is 67.0 Å². The molecule has 0 aliphatic carbocycles. The Bertz CT molecular complexity index is 229. The summed E-state index contributed by atoms with van der Waals surface area (Å²) in [6.07, 6.45) is 2.53. The van der Waals surface area contributed by atoms with Gasteiger partial charge in [-0.25, -0.2) is 0 Å². The van der Waals surface area contributed by atoms with E-state index >= 15 is 0 Å². The van der Waals surface area contributed by atoms with Crippen molar-refractivity contribution in [1.29, 1.82) is 0 Å². The van der Waals surface area contributed by atoms with Crippen molar-refractivity contribution in [2.75, 3.05) is 45.9 Å². The zero-order valence-electron chi connectivity index (χ0n) is 9.13. The Morgan fingerprint density at radius 1 is 1.25 bits per heavy atom. The molecule has 0 aromatic rings. The van der Waals surface area contributed by atoms with E-state index in [0.29, 0.717) is 13.0 Å². The van der Waals surface area contributed by atoms with Crippen molar-refractivity contribution in [1.82, 2.24) is 9.80 Å². The van der Waals surface area contributed by atoms with Crippen LogP contribution in [-0.2, 0) is 9.63 Å². The maximum Gasteiger partial charge on any atom is 0.294 e. The molecule has 1 fully saturated rings. The van der Waals surface area contributed by atoms with E-state index in [0.717, 1.165) is 32.7 Å². The number of carbonyl (C=O) groups excluding carboxylic acids is 1. The Kier molecular flexibility index (Phi) is 5.73. The molecule has 0 amide bonds. The Hall–Kier alpha value is -1.21. The SMILES string of the molecule is O=[C]CN1CCN(CCCO[N+](=O)[O-])CC1. The summed E-state index contributed by atoms with van der Waals surface area (Å²) in [6, 6.07) is 0. The topological polar surface area (TPSA) is 75.9 Å². The van der Waals surface area contributed by atoms with E-state index in [1.54, 1.807) is 0 Å². The van der Waals surface area contributed by atoms with Gasteiger partial charge in [0.1, 0.15) is 0 Å². The summed E-state index contributed by atoms with van der Waals surface area (Å²) in [7, 11) is 0. The molecule has 1 heterocycles. The molecule has 0 aromatic carbocycles. The first-order valence-corrected chi connectivity index (χ1v) is 5.29. The van der Waals surface area contributed by atoms with Crippen molar-refractivity contribution in [2.45, 2.75) is 6.42 Å². The van der Waals surface area contributed by atoms with Gasteiger partial charge in [-0.2, -0.15) is 0 Å². The highest BCUT2D eigenvalue weighted by atomic mass is 16.9. The van der Waals surface area contributed by atoms with Crippen LogP contribution < -0.4 is 0 Å². The van der Waals surface area contributed by atoms with Crippen molar-refractivity contribution < 1.29 is 14.7 Å². The third kappa shape index (κ3) is 5.04. The second-order valence-corrected chi connectivity index (χ2v) is 3.67. The minimum absolute atomic E-state index is 0.148. The van der Waals surface area contributed by atoms with Gasteiger partial charge in [-0.15, -0.1) is 10.1 Å². The standard InChI is InChI=1S/C9H16N3O4/c13-8-7-11-5-3-10(4-6-11)2-1-9-16-12(14)15/h1-7,9H2. The Morgan fingerprint density at radius 3 is 2.44 bits per heavy atom. The lowest BCUT2D eigenvalue weighted by atomic mass is 10.3. The van der Waals surface area contributed by atoms with Gasteiger partial charge in [0.2, 0.25) is 6.29 Å². The van der Waals surface area contributed by atoms with Crippen LogP contribution in [0.1, 0.15) is 6.42 Å². The van der Waals surface area contributed by atoms with Gasteiger partial charge < -0.3 is 9.74 Å². The van der Waals surface area contributed by atoms with E-state index in [-0.39, 0.29) is 6.61 Å². The summed E-state index contributed by atoms with van der Waals surface area (Å²) >= 11 is 0. The molecule has 1 rings (SSSR count). The van der Waals surface area contributed by atoms with Gasteiger partial charge in [-0.05, 0) is 6.42 Å². The van der Waals surface area contributed by atoms with Crippen LogP contribution in [0.2, 0.25) is 0 Å². The fourth-order valence-electron chi connectivity index (χ4n) is 1.69. The van der Waals surface area contributed by atoms with Crippen LogP contribution in [0, 0.1) is 10.1 Å². The monoisotopic (exact) mass is 230 g/mol. The molecule has 0 unspecified atom stereocenters. The van der Waals surface area contributed by atoms with Crippen molar-refractivity contribution in [3.05, 3.63) is 10.1 Å². The fourth-order valence-corrected chi connectivity index (χ4v) is 1.69. The third-order valence-electron chi connectivity index (χ3n) is 2.57. The summed E-state index contributed by atoms with van der Waals surface area (Å²) in [5.74, 6) is 0. The van der Waals surface area contributed by atoms with Gasteiger partial charge in [0, 0.05) is 32.7 Å². The predicted molar refractivity (Wildman–Crippen MR) is 56.1 cm³/mol. The largest absolute Gasteiger partial charge is 0.314 e. The molecular formula is C9H16N3O4. The number of rotatable bonds is 7. The molecular weight excluding hydrogens is 214 g/mol. The van der Waals surface area contributed by atoms with Crippen LogP contribution in [0.4, 0.5) is 0 Å². The van der Waals surface area contributed by atoms with E-state index in [1.165, 1.54) is 0 Å². The normalized spacial score (nSPS) is 18.2. The summed E-state index contributed by atoms with van der Waals surface area (Å²) in [4.78, 5) is 28.5. The molecule has 0 N–H and O–H groups in total. The van der Waals surface area contributed by atoms with Crippen molar-refractivity contribution in [2.24, 2.45) is 0 Å². The van der Waals surface area contributed by atoms with Crippen LogP contribution in [0.15, 0.2) is 0 Å². The van der Waals surface area contributed by atoms with Gasteiger partial charge in [0.25, 0.3) is 5.09 Å². The second kappa shape index (κ2) is 7.13. The average Bonchev–Trinajstić information content (AvgIpc) is 2.27. The minimum Gasteiger partial charge on any atom is -0.314 e. The molecule has 0 atom stereocenters.